The van der Waals surface area contributed by atoms with Gasteiger partial charge in [0.15, 0.2) is 0 Å². The highest BCUT2D eigenvalue weighted by molar-refractivity contribution is 7.12. The van der Waals surface area contributed by atoms with Gasteiger partial charge >= 0.3 is 0 Å². The standard InChI is InChI=1S/C12H15NS2/c1-3-10-4-5-11(15-10)12(13-2)9-6-7-14-8-9/h4-8,12-13H,3H2,1-2H3. The van der Waals surface area contributed by atoms with Crippen LogP contribution in [0.5, 0.6) is 0 Å². The van der Waals surface area contributed by atoms with Crippen molar-refractivity contribution in [2.75, 3.05) is 7.05 Å². The highest BCUT2D eigenvalue weighted by Gasteiger charge is 2.13. The van der Waals surface area contributed by atoms with Crippen LogP contribution >= 0.6 is 22.7 Å². The van der Waals surface area contributed by atoms with Gasteiger partial charge < -0.3 is 5.32 Å². The Morgan fingerprint density at radius 2 is 2.20 bits per heavy atom. The molecule has 15 heavy (non-hydrogen) atoms. The quantitative estimate of drug-likeness (QED) is 0.855. The molecule has 0 aliphatic carbocycles. The molecule has 0 bridgehead atoms. The van der Waals surface area contributed by atoms with Crippen molar-refractivity contribution < 1.29 is 0 Å². The van der Waals surface area contributed by atoms with Gasteiger partial charge in [-0.1, -0.05) is 6.92 Å². The van der Waals surface area contributed by atoms with E-state index in [1.165, 1.54) is 15.3 Å². The fraction of sp³-hybridized carbons (Fsp3) is 0.333. The van der Waals surface area contributed by atoms with Gasteiger partial charge in [-0.3, -0.25) is 0 Å². The van der Waals surface area contributed by atoms with E-state index in [1.54, 1.807) is 11.3 Å². The maximum Gasteiger partial charge on any atom is 0.0676 e. The molecule has 80 valence electrons. The van der Waals surface area contributed by atoms with Gasteiger partial charge in [0, 0.05) is 9.75 Å². The van der Waals surface area contributed by atoms with Gasteiger partial charge in [-0.25, -0.2) is 0 Å². The first-order valence-electron chi connectivity index (χ1n) is 5.13. The van der Waals surface area contributed by atoms with Crippen LogP contribution in [0, 0.1) is 0 Å². The van der Waals surface area contributed by atoms with E-state index >= 15 is 0 Å². The van der Waals surface area contributed by atoms with Crippen LogP contribution in [-0.2, 0) is 6.42 Å². The van der Waals surface area contributed by atoms with E-state index in [4.69, 9.17) is 0 Å². The molecule has 1 atom stereocenters. The van der Waals surface area contributed by atoms with Crippen molar-refractivity contribution in [3.8, 4) is 0 Å². The molecular formula is C12H15NS2. The van der Waals surface area contributed by atoms with Gasteiger partial charge in [0.1, 0.15) is 0 Å². The Labute approximate surface area is 98.8 Å². The molecule has 2 heterocycles. The molecule has 0 aliphatic rings. The minimum Gasteiger partial charge on any atom is -0.309 e. The van der Waals surface area contributed by atoms with Crippen LogP contribution in [-0.4, -0.2) is 7.05 Å². The number of thiophene rings is 2. The van der Waals surface area contributed by atoms with Crippen molar-refractivity contribution in [3.05, 3.63) is 44.3 Å². The summed E-state index contributed by atoms with van der Waals surface area (Å²) in [6, 6.07) is 7.03. The van der Waals surface area contributed by atoms with Gasteiger partial charge in [0.2, 0.25) is 0 Å². The Balaban J connectivity index is 2.27. The van der Waals surface area contributed by atoms with Crippen LogP contribution in [0.3, 0.4) is 0 Å². The van der Waals surface area contributed by atoms with Crippen molar-refractivity contribution in [1.82, 2.24) is 5.32 Å². The van der Waals surface area contributed by atoms with E-state index in [2.05, 4.69) is 41.2 Å². The lowest BCUT2D eigenvalue weighted by Crippen LogP contribution is -2.15. The van der Waals surface area contributed by atoms with Crippen molar-refractivity contribution in [3.63, 3.8) is 0 Å². The van der Waals surface area contributed by atoms with Crippen LogP contribution in [0.4, 0.5) is 0 Å². The molecule has 0 radical (unpaired) electrons. The lowest BCUT2D eigenvalue weighted by Gasteiger charge is -2.12. The first-order chi connectivity index (χ1) is 7.35. The highest BCUT2D eigenvalue weighted by atomic mass is 32.1. The maximum atomic E-state index is 3.38. The smallest absolute Gasteiger partial charge is 0.0676 e. The molecule has 2 rings (SSSR count). The van der Waals surface area contributed by atoms with Crippen molar-refractivity contribution in [2.45, 2.75) is 19.4 Å². The second kappa shape index (κ2) is 4.92. The molecule has 3 heteroatoms. The van der Waals surface area contributed by atoms with Crippen LogP contribution in [0.2, 0.25) is 0 Å². The van der Waals surface area contributed by atoms with Crippen LogP contribution in [0.25, 0.3) is 0 Å². The van der Waals surface area contributed by atoms with Gasteiger partial charge in [0.05, 0.1) is 6.04 Å². The first-order valence-corrected chi connectivity index (χ1v) is 6.89. The molecule has 1 unspecified atom stereocenters. The third-order valence-electron chi connectivity index (χ3n) is 2.48. The zero-order valence-corrected chi connectivity index (χ0v) is 10.6. The van der Waals surface area contributed by atoms with Gasteiger partial charge in [-0.2, -0.15) is 11.3 Å². The number of hydrogen-bond donors (Lipinski definition) is 1. The van der Waals surface area contributed by atoms with Crippen molar-refractivity contribution >= 4 is 22.7 Å². The molecule has 1 N–H and O–H groups in total. The SMILES string of the molecule is CCc1ccc(C(NC)c2ccsc2)s1. The van der Waals surface area contributed by atoms with Gasteiger partial charge in [0.25, 0.3) is 0 Å². The van der Waals surface area contributed by atoms with Crippen LogP contribution in [0.15, 0.2) is 29.0 Å². The lowest BCUT2D eigenvalue weighted by atomic mass is 10.1. The third-order valence-corrected chi connectivity index (χ3v) is 4.48. The third kappa shape index (κ3) is 2.30. The summed E-state index contributed by atoms with van der Waals surface area (Å²) >= 11 is 3.66. The largest absolute Gasteiger partial charge is 0.309 e. The Morgan fingerprint density at radius 3 is 2.73 bits per heavy atom. The number of nitrogens with one attached hydrogen (secondary N) is 1. The van der Waals surface area contributed by atoms with Crippen molar-refractivity contribution in [2.24, 2.45) is 0 Å². The molecule has 0 aliphatic heterocycles. The molecule has 0 amide bonds. The summed E-state index contributed by atoms with van der Waals surface area (Å²) in [5, 5.41) is 7.72. The summed E-state index contributed by atoms with van der Waals surface area (Å²) in [6.45, 7) is 2.20. The van der Waals surface area contributed by atoms with Crippen LogP contribution < -0.4 is 5.32 Å². The molecule has 2 aromatic rings. The molecule has 2 aromatic heterocycles. The monoisotopic (exact) mass is 237 g/mol. The summed E-state index contributed by atoms with van der Waals surface area (Å²) in [7, 11) is 2.02. The topological polar surface area (TPSA) is 12.0 Å². The first kappa shape index (κ1) is 10.9. The second-order valence-corrected chi connectivity index (χ2v) is 5.42. The molecule has 0 aromatic carbocycles. The predicted molar refractivity (Wildman–Crippen MR) is 68.9 cm³/mol. The number of hydrogen-bond acceptors (Lipinski definition) is 3. The summed E-state index contributed by atoms with van der Waals surface area (Å²) in [5.41, 5.74) is 1.37. The predicted octanol–water partition coefficient (Wildman–Crippen LogP) is 3.68. The number of aryl methyl sites for hydroxylation is 1. The summed E-state index contributed by atoms with van der Waals surface area (Å²) in [6.07, 6.45) is 1.13. The fourth-order valence-electron chi connectivity index (χ4n) is 1.65. The zero-order chi connectivity index (χ0) is 10.7. The molecule has 0 saturated heterocycles. The Kier molecular flexibility index (Phi) is 3.57. The van der Waals surface area contributed by atoms with Crippen molar-refractivity contribution in [1.29, 1.82) is 0 Å². The average molecular weight is 237 g/mol. The maximum absolute atomic E-state index is 3.38. The van der Waals surface area contributed by atoms with E-state index in [0.717, 1.165) is 6.42 Å². The molecule has 1 nitrogen and oxygen atoms in total. The second-order valence-electron chi connectivity index (χ2n) is 3.44. The Hall–Kier alpha value is -0.640. The highest BCUT2D eigenvalue weighted by Crippen LogP contribution is 2.29. The minimum absolute atomic E-state index is 0.363. The molecule has 0 saturated carbocycles. The lowest BCUT2D eigenvalue weighted by molar-refractivity contribution is 0.706. The van der Waals surface area contributed by atoms with E-state index in [9.17, 15) is 0 Å². The van der Waals surface area contributed by atoms with E-state index in [-0.39, 0.29) is 0 Å². The summed E-state index contributed by atoms with van der Waals surface area (Å²) in [5.74, 6) is 0. The number of rotatable bonds is 4. The summed E-state index contributed by atoms with van der Waals surface area (Å²) in [4.78, 5) is 2.87. The fourth-order valence-corrected chi connectivity index (χ4v) is 3.43. The summed E-state index contributed by atoms with van der Waals surface area (Å²) < 4.78 is 0. The van der Waals surface area contributed by atoms with Gasteiger partial charge in [-0.15, -0.1) is 11.3 Å². The average Bonchev–Trinajstić information content (AvgIpc) is 2.89. The Morgan fingerprint density at radius 1 is 1.33 bits per heavy atom. The van der Waals surface area contributed by atoms with E-state index in [0.29, 0.717) is 6.04 Å². The molecule has 0 fully saturated rings. The van der Waals surface area contributed by atoms with Gasteiger partial charge in [-0.05, 0) is 48.0 Å². The van der Waals surface area contributed by atoms with Crippen LogP contribution in [0.1, 0.15) is 28.3 Å². The van der Waals surface area contributed by atoms with E-state index < -0.39 is 0 Å². The molecule has 0 spiro atoms. The van der Waals surface area contributed by atoms with E-state index in [1.807, 2.05) is 18.4 Å². The minimum atomic E-state index is 0.363. The zero-order valence-electron chi connectivity index (χ0n) is 8.99. The normalized spacial score (nSPS) is 12.9. The Bertz CT molecular complexity index is 403. The molecular weight excluding hydrogens is 222 g/mol.